The summed E-state index contributed by atoms with van der Waals surface area (Å²) in [6, 6.07) is 5.18. The molecule has 5 nitrogen and oxygen atoms in total. The number of nitrogens with zero attached hydrogens (tertiary/aromatic N) is 3. The predicted octanol–water partition coefficient (Wildman–Crippen LogP) is 0.389. The van der Waals surface area contributed by atoms with Crippen LogP contribution in [0.1, 0.15) is 12.6 Å². The van der Waals surface area contributed by atoms with Crippen molar-refractivity contribution in [1.29, 1.82) is 5.26 Å². The molecule has 1 rings (SSSR count). The van der Waals surface area contributed by atoms with E-state index in [1.807, 2.05) is 13.0 Å². The van der Waals surface area contributed by atoms with Crippen LogP contribution >= 0.6 is 0 Å². The summed E-state index contributed by atoms with van der Waals surface area (Å²) in [4.78, 5) is 0. The lowest BCUT2D eigenvalue weighted by molar-refractivity contribution is 0.244. The van der Waals surface area contributed by atoms with E-state index in [1.54, 1.807) is 12.1 Å². The van der Waals surface area contributed by atoms with Gasteiger partial charge in [-0.25, -0.2) is 0 Å². The summed E-state index contributed by atoms with van der Waals surface area (Å²) >= 11 is 0. The van der Waals surface area contributed by atoms with Gasteiger partial charge in [-0.2, -0.15) is 5.26 Å². The third-order valence-electron chi connectivity index (χ3n) is 1.72. The lowest BCUT2D eigenvalue weighted by Gasteiger charge is -2.08. The maximum absolute atomic E-state index is 8.78. The van der Waals surface area contributed by atoms with E-state index in [0.29, 0.717) is 18.1 Å². The Balaban J connectivity index is 2.49. The van der Waals surface area contributed by atoms with Gasteiger partial charge in [0.2, 0.25) is 0 Å². The smallest absolute Gasteiger partial charge is 0.163 e. The first-order chi connectivity index (χ1) is 6.76. The molecule has 0 saturated heterocycles. The fourth-order valence-corrected chi connectivity index (χ4v) is 0.830. The fourth-order valence-electron chi connectivity index (χ4n) is 0.830. The largest absolute Gasteiger partial charge is 0.396 e. The highest BCUT2D eigenvalue weighted by molar-refractivity contribution is 5.35. The van der Waals surface area contributed by atoms with E-state index < -0.39 is 0 Å². The zero-order valence-electron chi connectivity index (χ0n) is 7.94. The molecule has 5 heteroatoms. The van der Waals surface area contributed by atoms with Gasteiger partial charge in [-0.3, -0.25) is 0 Å². The van der Waals surface area contributed by atoms with Crippen molar-refractivity contribution in [1.82, 2.24) is 10.2 Å². The van der Waals surface area contributed by atoms with Crippen molar-refractivity contribution >= 4 is 5.82 Å². The van der Waals surface area contributed by atoms with Gasteiger partial charge in [-0.1, -0.05) is 6.92 Å². The molecular formula is C9H12N4O. The molecule has 1 aromatic heterocycles. The Morgan fingerprint density at radius 2 is 2.36 bits per heavy atom. The van der Waals surface area contributed by atoms with Crippen LogP contribution in [0.4, 0.5) is 5.82 Å². The van der Waals surface area contributed by atoms with Crippen LogP contribution in [0.3, 0.4) is 0 Å². The second-order valence-corrected chi connectivity index (χ2v) is 3.08. The number of aromatic nitrogens is 2. The van der Waals surface area contributed by atoms with Crippen LogP contribution < -0.4 is 5.32 Å². The molecule has 74 valence electrons. The number of aliphatic hydroxyl groups excluding tert-OH is 1. The Morgan fingerprint density at radius 3 is 2.86 bits per heavy atom. The Morgan fingerprint density at radius 1 is 1.57 bits per heavy atom. The zero-order chi connectivity index (χ0) is 10.4. The van der Waals surface area contributed by atoms with E-state index in [9.17, 15) is 0 Å². The topological polar surface area (TPSA) is 81.8 Å². The van der Waals surface area contributed by atoms with Crippen LogP contribution in [0.25, 0.3) is 0 Å². The van der Waals surface area contributed by atoms with Crippen molar-refractivity contribution in [3.63, 3.8) is 0 Å². The Kier molecular flexibility index (Phi) is 3.83. The van der Waals surface area contributed by atoms with Crippen LogP contribution in [0.2, 0.25) is 0 Å². The summed E-state index contributed by atoms with van der Waals surface area (Å²) in [7, 11) is 0. The lowest BCUT2D eigenvalue weighted by Crippen LogP contribution is -2.15. The molecule has 1 aromatic rings. The molecule has 1 heterocycles. The summed E-state index contributed by atoms with van der Waals surface area (Å²) in [6.45, 7) is 2.69. The summed E-state index contributed by atoms with van der Waals surface area (Å²) in [5, 5.41) is 27.7. The van der Waals surface area contributed by atoms with E-state index in [4.69, 9.17) is 10.4 Å². The van der Waals surface area contributed by atoms with Gasteiger partial charge in [0, 0.05) is 13.2 Å². The quantitative estimate of drug-likeness (QED) is 0.721. The van der Waals surface area contributed by atoms with Gasteiger partial charge >= 0.3 is 0 Å². The highest BCUT2D eigenvalue weighted by atomic mass is 16.3. The van der Waals surface area contributed by atoms with Crippen LogP contribution in [-0.2, 0) is 0 Å². The van der Waals surface area contributed by atoms with E-state index in [2.05, 4.69) is 15.5 Å². The lowest BCUT2D eigenvalue weighted by atomic mass is 10.2. The molecule has 0 spiro atoms. The molecule has 0 aliphatic carbocycles. The first-order valence-electron chi connectivity index (χ1n) is 4.35. The average molecular weight is 192 g/mol. The van der Waals surface area contributed by atoms with E-state index in [-0.39, 0.29) is 12.5 Å². The Bertz CT molecular complexity index is 317. The predicted molar refractivity (Wildman–Crippen MR) is 51.5 cm³/mol. The third kappa shape index (κ3) is 2.99. The maximum Gasteiger partial charge on any atom is 0.163 e. The first kappa shape index (κ1) is 10.4. The second-order valence-electron chi connectivity index (χ2n) is 3.08. The van der Waals surface area contributed by atoms with Crippen molar-refractivity contribution in [3.8, 4) is 6.07 Å². The van der Waals surface area contributed by atoms with Gasteiger partial charge in [0.05, 0.1) is 0 Å². The summed E-state index contributed by atoms with van der Waals surface area (Å²) in [5.41, 5.74) is 0.297. The Labute approximate surface area is 82.4 Å². The third-order valence-corrected chi connectivity index (χ3v) is 1.72. The number of aliphatic hydroxyl groups is 1. The molecule has 0 aliphatic rings. The van der Waals surface area contributed by atoms with Gasteiger partial charge in [0.15, 0.2) is 5.69 Å². The Hall–Kier alpha value is -1.67. The fraction of sp³-hybridized carbons (Fsp3) is 0.444. The van der Waals surface area contributed by atoms with Gasteiger partial charge in [0.25, 0.3) is 0 Å². The normalized spacial score (nSPS) is 11.8. The molecule has 0 aromatic carbocycles. The number of hydrogen-bond donors (Lipinski definition) is 2. The van der Waals surface area contributed by atoms with Crippen LogP contribution in [0, 0.1) is 17.2 Å². The number of nitrogens with one attached hydrogen (secondary N) is 1. The molecule has 0 radical (unpaired) electrons. The number of hydrogen-bond acceptors (Lipinski definition) is 5. The van der Waals surface area contributed by atoms with Crippen molar-refractivity contribution in [2.45, 2.75) is 6.92 Å². The number of rotatable bonds is 4. The van der Waals surface area contributed by atoms with Gasteiger partial charge in [-0.15, -0.1) is 10.2 Å². The molecule has 0 aliphatic heterocycles. The number of nitriles is 1. The van der Waals surface area contributed by atoms with Crippen molar-refractivity contribution < 1.29 is 5.11 Å². The van der Waals surface area contributed by atoms with Gasteiger partial charge < -0.3 is 10.4 Å². The summed E-state index contributed by atoms with van der Waals surface area (Å²) < 4.78 is 0. The molecular weight excluding hydrogens is 180 g/mol. The molecule has 0 saturated carbocycles. The minimum Gasteiger partial charge on any atom is -0.396 e. The minimum atomic E-state index is 0.136. The molecule has 1 unspecified atom stereocenters. The molecule has 14 heavy (non-hydrogen) atoms. The minimum absolute atomic E-state index is 0.136. The SMILES string of the molecule is CC(CO)CNc1ccc(C#N)nn1. The average Bonchev–Trinajstić information content (AvgIpc) is 2.26. The van der Waals surface area contributed by atoms with Gasteiger partial charge in [-0.05, 0) is 18.1 Å². The number of anilines is 1. The molecule has 0 fully saturated rings. The summed E-state index contributed by atoms with van der Waals surface area (Å²) in [6.07, 6.45) is 0. The van der Waals surface area contributed by atoms with Crippen molar-refractivity contribution in [3.05, 3.63) is 17.8 Å². The second kappa shape index (κ2) is 5.14. The monoisotopic (exact) mass is 192 g/mol. The van der Waals surface area contributed by atoms with E-state index in [1.165, 1.54) is 0 Å². The van der Waals surface area contributed by atoms with Gasteiger partial charge in [0.1, 0.15) is 11.9 Å². The van der Waals surface area contributed by atoms with Crippen LogP contribution in [-0.4, -0.2) is 28.5 Å². The molecule has 0 amide bonds. The molecule has 2 N–H and O–H groups in total. The van der Waals surface area contributed by atoms with E-state index >= 15 is 0 Å². The van der Waals surface area contributed by atoms with Crippen LogP contribution in [0.5, 0.6) is 0 Å². The van der Waals surface area contributed by atoms with Crippen molar-refractivity contribution in [2.24, 2.45) is 5.92 Å². The highest BCUT2D eigenvalue weighted by Crippen LogP contribution is 2.02. The first-order valence-corrected chi connectivity index (χ1v) is 4.35. The molecule has 0 bridgehead atoms. The summed E-state index contributed by atoms with van der Waals surface area (Å²) in [5.74, 6) is 0.789. The highest BCUT2D eigenvalue weighted by Gasteiger charge is 2.00. The van der Waals surface area contributed by atoms with E-state index in [0.717, 1.165) is 0 Å². The zero-order valence-corrected chi connectivity index (χ0v) is 7.94. The molecule has 1 atom stereocenters. The van der Waals surface area contributed by atoms with Crippen LogP contribution in [0.15, 0.2) is 12.1 Å². The van der Waals surface area contributed by atoms with Crippen molar-refractivity contribution in [2.75, 3.05) is 18.5 Å². The maximum atomic E-state index is 8.78. The standard InChI is InChI=1S/C9H12N4O/c1-7(6-14)5-11-9-3-2-8(4-10)12-13-9/h2-3,7,14H,5-6H2,1H3,(H,11,13).